The lowest BCUT2D eigenvalue weighted by Gasteiger charge is -1.99. The molecule has 0 unspecified atom stereocenters. The van der Waals surface area contributed by atoms with Gasteiger partial charge in [0.05, 0.1) is 0 Å². The van der Waals surface area contributed by atoms with E-state index in [4.69, 9.17) is 0 Å². The standard InChI is InChI=1S/C8H15NO2/c1-3-7(10)5-6-8(11)9-4-2/h3-6H2,1-2H3,(H,9,11). The van der Waals surface area contributed by atoms with Crippen molar-refractivity contribution in [1.29, 1.82) is 0 Å². The van der Waals surface area contributed by atoms with Crippen LogP contribution in [0.25, 0.3) is 0 Å². The molecule has 3 heteroatoms. The van der Waals surface area contributed by atoms with Gasteiger partial charge in [0.1, 0.15) is 5.78 Å². The number of carbonyl (C=O) groups is 2. The molecule has 0 saturated carbocycles. The number of hydrogen-bond acceptors (Lipinski definition) is 2. The minimum Gasteiger partial charge on any atom is -0.356 e. The molecule has 0 aliphatic heterocycles. The van der Waals surface area contributed by atoms with Crippen molar-refractivity contribution in [2.45, 2.75) is 33.1 Å². The topological polar surface area (TPSA) is 46.2 Å². The van der Waals surface area contributed by atoms with E-state index in [0.717, 1.165) is 0 Å². The molecule has 1 N–H and O–H groups in total. The van der Waals surface area contributed by atoms with E-state index >= 15 is 0 Å². The Hall–Kier alpha value is -0.860. The Morgan fingerprint density at radius 3 is 2.27 bits per heavy atom. The maximum absolute atomic E-state index is 10.8. The van der Waals surface area contributed by atoms with E-state index < -0.39 is 0 Å². The van der Waals surface area contributed by atoms with E-state index in [-0.39, 0.29) is 11.7 Å². The summed E-state index contributed by atoms with van der Waals surface area (Å²) in [4.78, 5) is 21.5. The highest BCUT2D eigenvalue weighted by molar-refractivity contribution is 5.84. The molecule has 0 rings (SSSR count). The SMILES string of the molecule is CCNC(=O)CCC(=O)CC. The average Bonchev–Trinajstić information content (AvgIpc) is 2.01. The molecule has 0 radical (unpaired) electrons. The maximum Gasteiger partial charge on any atom is 0.220 e. The van der Waals surface area contributed by atoms with Crippen molar-refractivity contribution in [1.82, 2.24) is 5.32 Å². The van der Waals surface area contributed by atoms with Crippen LogP contribution in [-0.4, -0.2) is 18.2 Å². The third-order valence-corrected chi connectivity index (χ3v) is 1.40. The predicted octanol–water partition coefficient (Wildman–Crippen LogP) is 0.882. The lowest BCUT2D eigenvalue weighted by Crippen LogP contribution is -2.22. The molecular weight excluding hydrogens is 142 g/mol. The fraction of sp³-hybridized carbons (Fsp3) is 0.750. The van der Waals surface area contributed by atoms with Crippen molar-refractivity contribution in [3.8, 4) is 0 Å². The second kappa shape index (κ2) is 5.89. The van der Waals surface area contributed by atoms with Crippen molar-refractivity contribution in [2.24, 2.45) is 0 Å². The Balaban J connectivity index is 3.38. The quantitative estimate of drug-likeness (QED) is 0.644. The van der Waals surface area contributed by atoms with E-state index in [0.29, 0.717) is 25.8 Å². The summed E-state index contributed by atoms with van der Waals surface area (Å²) in [6, 6.07) is 0. The summed E-state index contributed by atoms with van der Waals surface area (Å²) in [6.07, 6.45) is 1.24. The van der Waals surface area contributed by atoms with Crippen LogP contribution in [0.3, 0.4) is 0 Å². The zero-order chi connectivity index (χ0) is 8.69. The monoisotopic (exact) mass is 157 g/mol. The fourth-order valence-corrected chi connectivity index (χ4v) is 0.715. The maximum atomic E-state index is 10.8. The van der Waals surface area contributed by atoms with Crippen molar-refractivity contribution < 1.29 is 9.59 Å². The van der Waals surface area contributed by atoms with Gasteiger partial charge in [0.15, 0.2) is 0 Å². The number of Topliss-reactive ketones (excluding diaryl/α,β-unsaturated/α-hetero) is 1. The highest BCUT2D eigenvalue weighted by atomic mass is 16.2. The van der Waals surface area contributed by atoms with Gasteiger partial charge < -0.3 is 5.32 Å². The van der Waals surface area contributed by atoms with Gasteiger partial charge in [-0.05, 0) is 6.92 Å². The molecular formula is C8H15NO2. The van der Waals surface area contributed by atoms with Crippen molar-refractivity contribution in [2.75, 3.05) is 6.54 Å². The molecule has 0 bridgehead atoms. The van der Waals surface area contributed by atoms with Crippen LogP contribution in [0.15, 0.2) is 0 Å². The van der Waals surface area contributed by atoms with Gasteiger partial charge in [0, 0.05) is 25.8 Å². The largest absolute Gasteiger partial charge is 0.356 e. The summed E-state index contributed by atoms with van der Waals surface area (Å²) in [5.41, 5.74) is 0. The number of nitrogens with one attached hydrogen (secondary N) is 1. The van der Waals surface area contributed by atoms with Crippen LogP contribution in [0.4, 0.5) is 0 Å². The summed E-state index contributed by atoms with van der Waals surface area (Å²) in [7, 11) is 0. The summed E-state index contributed by atoms with van der Waals surface area (Å²) in [5.74, 6) is 0.116. The van der Waals surface area contributed by atoms with Crippen LogP contribution in [0.5, 0.6) is 0 Å². The Morgan fingerprint density at radius 2 is 1.82 bits per heavy atom. The van der Waals surface area contributed by atoms with E-state index in [1.165, 1.54) is 0 Å². The first-order valence-electron chi connectivity index (χ1n) is 3.99. The molecule has 64 valence electrons. The molecule has 11 heavy (non-hydrogen) atoms. The summed E-state index contributed by atoms with van der Waals surface area (Å²) < 4.78 is 0. The summed E-state index contributed by atoms with van der Waals surface area (Å²) in [5, 5.41) is 2.63. The highest BCUT2D eigenvalue weighted by Crippen LogP contribution is 1.93. The molecule has 0 aliphatic rings. The second-order valence-electron chi connectivity index (χ2n) is 2.35. The molecule has 3 nitrogen and oxygen atoms in total. The van der Waals surface area contributed by atoms with E-state index in [1.807, 2.05) is 6.92 Å². The first-order valence-corrected chi connectivity index (χ1v) is 3.99. The normalized spacial score (nSPS) is 9.27. The molecule has 0 fully saturated rings. The summed E-state index contributed by atoms with van der Waals surface area (Å²) >= 11 is 0. The van der Waals surface area contributed by atoms with E-state index in [9.17, 15) is 9.59 Å². The van der Waals surface area contributed by atoms with Crippen LogP contribution in [0.1, 0.15) is 33.1 Å². The smallest absolute Gasteiger partial charge is 0.220 e. The number of rotatable bonds is 5. The van der Waals surface area contributed by atoms with E-state index in [1.54, 1.807) is 6.92 Å². The Labute approximate surface area is 67.2 Å². The zero-order valence-electron chi connectivity index (χ0n) is 7.14. The Bertz CT molecular complexity index is 143. The molecule has 0 saturated heterocycles. The average molecular weight is 157 g/mol. The molecule has 0 aromatic carbocycles. The minimum absolute atomic E-state index is 0.0331. The number of hydrogen-bond donors (Lipinski definition) is 1. The Kier molecular flexibility index (Phi) is 5.43. The van der Waals surface area contributed by atoms with Crippen molar-refractivity contribution in [3.63, 3.8) is 0 Å². The lowest BCUT2D eigenvalue weighted by molar-refractivity contribution is -0.125. The van der Waals surface area contributed by atoms with Gasteiger partial charge in [0.25, 0.3) is 0 Å². The van der Waals surface area contributed by atoms with Gasteiger partial charge in [-0.2, -0.15) is 0 Å². The van der Waals surface area contributed by atoms with Gasteiger partial charge in [-0.15, -0.1) is 0 Å². The first kappa shape index (κ1) is 10.1. The van der Waals surface area contributed by atoms with Crippen LogP contribution < -0.4 is 5.32 Å². The Morgan fingerprint density at radius 1 is 1.18 bits per heavy atom. The van der Waals surface area contributed by atoms with Gasteiger partial charge in [0.2, 0.25) is 5.91 Å². The van der Waals surface area contributed by atoms with Gasteiger partial charge in [-0.25, -0.2) is 0 Å². The molecule has 0 aliphatic carbocycles. The van der Waals surface area contributed by atoms with Crippen LogP contribution >= 0.6 is 0 Å². The molecule has 0 aromatic heterocycles. The first-order chi connectivity index (χ1) is 5.20. The van der Waals surface area contributed by atoms with Crippen LogP contribution in [-0.2, 0) is 9.59 Å². The zero-order valence-corrected chi connectivity index (χ0v) is 7.14. The molecule has 1 amide bonds. The lowest BCUT2D eigenvalue weighted by atomic mass is 10.2. The van der Waals surface area contributed by atoms with Crippen LogP contribution in [0, 0.1) is 0 Å². The third kappa shape index (κ3) is 5.58. The molecule has 0 aromatic rings. The van der Waals surface area contributed by atoms with Gasteiger partial charge >= 0.3 is 0 Å². The summed E-state index contributed by atoms with van der Waals surface area (Å²) in [6.45, 7) is 4.30. The minimum atomic E-state index is -0.0331. The van der Waals surface area contributed by atoms with Crippen molar-refractivity contribution >= 4 is 11.7 Å². The van der Waals surface area contributed by atoms with E-state index in [2.05, 4.69) is 5.32 Å². The number of amides is 1. The molecule has 0 atom stereocenters. The number of ketones is 1. The number of carbonyl (C=O) groups excluding carboxylic acids is 2. The van der Waals surface area contributed by atoms with Gasteiger partial charge in [-0.3, -0.25) is 9.59 Å². The second-order valence-corrected chi connectivity index (χ2v) is 2.35. The predicted molar refractivity (Wildman–Crippen MR) is 43.2 cm³/mol. The third-order valence-electron chi connectivity index (χ3n) is 1.40. The van der Waals surface area contributed by atoms with Gasteiger partial charge in [-0.1, -0.05) is 6.92 Å². The molecule has 0 spiro atoms. The molecule has 0 heterocycles. The van der Waals surface area contributed by atoms with Crippen LogP contribution in [0.2, 0.25) is 0 Å². The highest BCUT2D eigenvalue weighted by Gasteiger charge is 2.02. The van der Waals surface area contributed by atoms with Crippen molar-refractivity contribution in [3.05, 3.63) is 0 Å². The fourth-order valence-electron chi connectivity index (χ4n) is 0.715.